The molecule has 1 rings (SSSR count). The van der Waals surface area contributed by atoms with Crippen molar-refractivity contribution in [2.75, 3.05) is 26.2 Å². The van der Waals surface area contributed by atoms with Gasteiger partial charge in [0.05, 0.1) is 13.2 Å². The average molecular weight is 286 g/mol. The fraction of sp³-hybridized carbons (Fsp3) is 0.857. The first-order valence-electron chi connectivity index (χ1n) is 7.17. The van der Waals surface area contributed by atoms with E-state index in [1.54, 1.807) is 6.92 Å². The van der Waals surface area contributed by atoms with E-state index in [4.69, 9.17) is 9.47 Å². The summed E-state index contributed by atoms with van der Waals surface area (Å²) in [6.07, 6.45) is 1.44. The number of nitrogens with zero attached hydrogens (tertiary/aromatic N) is 1. The Kier molecular flexibility index (Phi) is 6.26. The Balaban J connectivity index is 2.37. The summed E-state index contributed by atoms with van der Waals surface area (Å²) in [5.74, 6) is -0.217. The average Bonchev–Trinajstić information content (AvgIpc) is 2.26. The van der Waals surface area contributed by atoms with Crippen LogP contribution in [0.4, 0.5) is 4.79 Å². The van der Waals surface area contributed by atoms with Gasteiger partial charge in [0.15, 0.2) is 0 Å². The summed E-state index contributed by atoms with van der Waals surface area (Å²) in [4.78, 5) is 25.2. The molecule has 0 saturated carbocycles. The summed E-state index contributed by atoms with van der Waals surface area (Å²) in [6, 6.07) is 0.0213. The van der Waals surface area contributed by atoms with Gasteiger partial charge in [-0.15, -0.1) is 0 Å². The van der Waals surface area contributed by atoms with Gasteiger partial charge in [-0.3, -0.25) is 9.69 Å². The molecule has 116 valence electrons. The molecule has 6 heteroatoms. The number of likely N-dealkylation sites (tertiary alicyclic amines) is 1. The third kappa shape index (κ3) is 6.75. The summed E-state index contributed by atoms with van der Waals surface area (Å²) in [7, 11) is 0. The third-order valence-electron chi connectivity index (χ3n) is 2.88. The molecule has 0 spiro atoms. The summed E-state index contributed by atoms with van der Waals surface area (Å²) in [6.45, 7) is 9.47. The topological polar surface area (TPSA) is 67.9 Å². The summed E-state index contributed by atoms with van der Waals surface area (Å²) < 4.78 is 10.2. The zero-order valence-electron chi connectivity index (χ0n) is 12.9. The number of nitrogens with one attached hydrogen (secondary N) is 1. The molecule has 1 heterocycles. The number of carbonyl (C=O) groups excluding carboxylic acids is 2. The molecule has 0 aliphatic carbocycles. The molecule has 0 bridgehead atoms. The first kappa shape index (κ1) is 16.8. The van der Waals surface area contributed by atoms with Crippen LogP contribution in [-0.4, -0.2) is 54.8 Å². The molecule has 1 amide bonds. The van der Waals surface area contributed by atoms with Crippen LogP contribution in [0.3, 0.4) is 0 Å². The minimum atomic E-state index is -0.497. The zero-order valence-corrected chi connectivity index (χ0v) is 12.9. The van der Waals surface area contributed by atoms with Gasteiger partial charge in [-0.25, -0.2) is 4.79 Å². The fourth-order valence-corrected chi connectivity index (χ4v) is 2.18. The van der Waals surface area contributed by atoms with Crippen LogP contribution in [0.5, 0.6) is 0 Å². The molecule has 0 aromatic carbocycles. The van der Waals surface area contributed by atoms with E-state index in [0.29, 0.717) is 13.2 Å². The minimum Gasteiger partial charge on any atom is -0.465 e. The predicted octanol–water partition coefficient (Wildman–Crippen LogP) is 1.54. The second-order valence-corrected chi connectivity index (χ2v) is 6.03. The van der Waals surface area contributed by atoms with Gasteiger partial charge in [-0.1, -0.05) is 0 Å². The number of piperidine rings is 1. The van der Waals surface area contributed by atoms with Gasteiger partial charge in [0.2, 0.25) is 0 Å². The van der Waals surface area contributed by atoms with E-state index in [-0.39, 0.29) is 18.6 Å². The normalized spacial score (nSPS) is 20.3. The maximum absolute atomic E-state index is 11.7. The lowest BCUT2D eigenvalue weighted by Crippen LogP contribution is -2.50. The van der Waals surface area contributed by atoms with Crippen LogP contribution in [0.1, 0.15) is 40.5 Å². The minimum absolute atomic E-state index is 0.0213. The van der Waals surface area contributed by atoms with Crippen molar-refractivity contribution in [1.82, 2.24) is 10.2 Å². The molecule has 0 aromatic heterocycles. The molecule has 0 aromatic rings. The molecule has 20 heavy (non-hydrogen) atoms. The molecule has 0 unspecified atom stereocenters. The van der Waals surface area contributed by atoms with Crippen molar-refractivity contribution in [3.63, 3.8) is 0 Å². The number of esters is 1. The molecule has 1 fully saturated rings. The van der Waals surface area contributed by atoms with E-state index in [0.717, 1.165) is 19.4 Å². The van der Waals surface area contributed by atoms with Crippen LogP contribution in [0, 0.1) is 0 Å². The molecular formula is C14H26N2O4. The van der Waals surface area contributed by atoms with Gasteiger partial charge in [-0.2, -0.15) is 0 Å². The Morgan fingerprint density at radius 1 is 1.35 bits per heavy atom. The van der Waals surface area contributed by atoms with Crippen LogP contribution in [0.2, 0.25) is 0 Å². The van der Waals surface area contributed by atoms with E-state index in [2.05, 4.69) is 5.32 Å². The van der Waals surface area contributed by atoms with Gasteiger partial charge in [0.1, 0.15) is 5.60 Å². The second kappa shape index (κ2) is 7.47. The van der Waals surface area contributed by atoms with Crippen LogP contribution in [0.15, 0.2) is 0 Å². The molecule has 1 atom stereocenters. The van der Waals surface area contributed by atoms with Crippen molar-refractivity contribution >= 4 is 12.1 Å². The largest absolute Gasteiger partial charge is 0.465 e. The van der Waals surface area contributed by atoms with Crippen molar-refractivity contribution in [2.45, 2.75) is 52.2 Å². The highest BCUT2D eigenvalue weighted by molar-refractivity contribution is 5.71. The van der Waals surface area contributed by atoms with E-state index in [1.165, 1.54) is 0 Å². The Bertz CT molecular complexity index is 339. The smallest absolute Gasteiger partial charge is 0.407 e. The maximum Gasteiger partial charge on any atom is 0.407 e. The number of carbonyl (C=O) groups is 2. The molecule has 0 radical (unpaired) electrons. The SMILES string of the molecule is CCOC(=O)CN1CCC[C@@H](NC(=O)OC(C)(C)C)C1. The number of rotatable bonds is 4. The summed E-state index contributed by atoms with van der Waals surface area (Å²) >= 11 is 0. The van der Waals surface area contributed by atoms with Gasteiger partial charge >= 0.3 is 12.1 Å². The molecule has 1 aliphatic rings. The molecule has 6 nitrogen and oxygen atoms in total. The number of ether oxygens (including phenoxy) is 2. The summed E-state index contributed by atoms with van der Waals surface area (Å²) in [5, 5.41) is 2.86. The highest BCUT2D eigenvalue weighted by Gasteiger charge is 2.25. The Labute approximate surface area is 120 Å². The first-order valence-corrected chi connectivity index (χ1v) is 7.17. The highest BCUT2D eigenvalue weighted by atomic mass is 16.6. The van der Waals surface area contributed by atoms with Crippen molar-refractivity contribution in [3.8, 4) is 0 Å². The Hall–Kier alpha value is -1.30. The summed E-state index contributed by atoms with van der Waals surface area (Å²) in [5.41, 5.74) is -0.497. The van der Waals surface area contributed by atoms with Crippen molar-refractivity contribution in [1.29, 1.82) is 0 Å². The maximum atomic E-state index is 11.7. The van der Waals surface area contributed by atoms with E-state index in [1.807, 2.05) is 25.7 Å². The Morgan fingerprint density at radius 3 is 2.65 bits per heavy atom. The number of hydrogen-bond donors (Lipinski definition) is 1. The lowest BCUT2D eigenvalue weighted by molar-refractivity contribution is -0.144. The van der Waals surface area contributed by atoms with E-state index in [9.17, 15) is 9.59 Å². The predicted molar refractivity (Wildman–Crippen MR) is 75.5 cm³/mol. The van der Waals surface area contributed by atoms with Gasteiger partial charge < -0.3 is 14.8 Å². The molecule has 1 aliphatic heterocycles. The van der Waals surface area contributed by atoms with Crippen LogP contribution in [0.25, 0.3) is 0 Å². The van der Waals surface area contributed by atoms with E-state index >= 15 is 0 Å². The molecular weight excluding hydrogens is 260 g/mol. The zero-order chi connectivity index (χ0) is 15.2. The second-order valence-electron chi connectivity index (χ2n) is 6.03. The fourth-order valence-electron chi connectivity index (χ4n) is 2.18. The highest BCUT2D eigenvalue weighted by Crippen LogP contribution is 2.12. The van der Waals surface area contributed by atoms with Crippen LogP contribution < -0.4 is 5.32 Å². The monoisotopic (exact) mass is 286 g/mol. The van der Waals surface area contributed by atoms with Crippen LogP contribution in [-0.2, 0) is 14.3 Å². The quantitative estimate of drug-likeness (QED) is 0.794. The third-order valence-corrected chi connectivity index (χ3v) is 2.88. The van der Waals surface area contributed by atoms with Gasteiger partial charge in [-0.05, 0) is 47.1 Å². The number of alkyl carbamates (subject to hydrolysis) is 1. The Morgan fingerprint density at radius 2 is 2.05 bits per heavy atom. The van der Waals surface area contributed by atoms with E-state index < -0.39 is 11.7 Å². The van der Waals surface area contributed by atoms with Crippen molar-refractivity contribution in [2.24, 2.45) is 0 Å². The van der Waals surface area contributed by atoms with Crippen molar-refractivity contribution < 1.29 is 19.1 Å². The standard InChI is InChI=1S/C14H26N2O4/c1-5-19-12(17)10-16-8-6-7-11(9-16)15-13(18)20-14(2,3)4/h11H,5-10H2,1-4H3,(H,15,18)/t11-/m1/s1. The molecule has 1 N–H and O–H groups in total. The van der Waals surface area contributed by atoms with Gasteiger partial charge in [0, 0.05) is 12.6 Å². The lowest BCUT2D eigenvalue weighted by Gasteiger charge is -2.32. The first-order chi connectivity index (χ1) is 9.30. The van der Waals surface area contributed by atoms with Gasteiger partial charge in [0.25, 0.3) is 0 Å². The number of hydrogen-bond acceptors (Lipinski definition) is 5. The van der Waals surface area contributed by atoms with Crippen LogP contribution >= 0.6 is 0 Å². The van der Waals surface area contributed by atoms with Crippen molar-refractivity contribution in [3.05, 3.63) is 0 Å². The lowest BCUT2D eigenvalue weighted by atomic mass is 10.1. The number of amides is 1. The molecule has 1 saturated heterocycles.